The predicted octanol–water partition coefficient (Wildman–Crippen LogP) is 1.82. The van der Waals surface area contributed by atoms with E-state index in [4.69, 9.17) is 0 Å². The van der Waals surface area contributed by atoms with Crippen molar-refractivity contribution in [3.8, 4) is 0 Å². The second-order valence-corrected chi connectivity index (χ2v) is 4.81. The van der Waals surface area contributed by atoms with Crippen molar-refractivity contribution in [2.75, 3.05) is 13.1 Å². The second kappa shape index (κ2) is 4.82. The third kappa shape index (κ3) is 2.81. The number of carbonyl (C=O) groups is 1. The molecule has 4 heteroatoms. The van der Waals surface area contributed by atoms with E-state index in [2.05, 4.69) is 9.97 Å². The molecule has 0 saturated carbocycles. The number of rotatable bonds is 1. The van der Waals surface area contributed by atoms with E-state index in [0.29, 0.717) is 5.92 Å². The van der Waals surface area contributed by atoms with Gasteiger partial charge in [0.2, 0.25) is 5.91 Å². The maximum atomic E-state index is 11.4. The first kappa shape index (κ1) is 12.0. The fourth-order valence-electron chi connectivity index (χ4n) is 2.41. The molecule has 92 valence electrons. The SMILES string of the molecule is CC(=O)N1CCCC(c2nc(C)cc(C)n2)C1. The van der Waals surface area contributed by atoms with Crippen molar-refractivity contribution in [1.82, 2.24) is 14.9 Å². The van der Waals surface area contributed by atoms with Crippen molar-refractivity contribution in [1.29, 1.82) is 0 Å². The minimum atomic E-state index is 0.152. The van der Waals surface area contributed by atoms with Crippen LogP contribution >= 0.6 is 0 Å². The van der Waals surface area contributed by atoms with Crippen LogP contribution in [-0.2, 0) is 4.79 Å². The molecule has 1 aliphatic heterocycles. The third-order valence-electron chi connectivity index (χ3n) is 3.23. The Kier molecular flexibility index (Phi) is 3.41. The lowest BCUT2D eigenvalue weighted by molar-refractivity contribution is -0.130. The number of nitrogens with zero attached hydrogens (tertiary/aromatic N) is 3. The minimum absolute atomic E-state index is 0.152. The van der Waals surface area contributed by atoms with Gasteiger partial charge in [-0.3, -0.25) is 4.79 Å². The van der Waals surface area contributed by atoms with Crippen LogP contribution in [0.1, 0.15) is 42.9 Å². The molecule has 1 unspecified atom stereocenters. The first-order chi connectivity index (χ1) is 8.06. The van der Waals surface area contributed by atoms with Crippen LogP contribution in [0.4, 0.5) is 0 Å². The molecule has 0 radical (unpaired) electrons. The van der Waals surface area contributed by atoms with Gasteiger partial charge in [-0.25, -0.2) is 9.97 Å². The van der Waals surface area contributed by atoms with Crippen LogP contribution in [0.2, 0.25) is 0 Å². The molecule has 2 rings (SSSR count). The van der Waals surface area contributed by atoms with Crippen LogP contribution in [-0.4, -0.2) is 33.9 Å². The van der Waals surface area contributed by atoms with Gasteiger partial charge in [0.1, 0.15) is 5.82 Å². The van der Waals surface area contributed by atoms with E-state index in [1.54, 1.807) is 6.92 Å². The molecule has 4 nitrogen and oxygen atoms in total. The summed E-state index contributed by atoms with van der Waals surface area (Å²) >= 11 is 0. The van der Waals surface area contributed by atoms with Crippen molar-refractivity contribution in [3.05, 3.63) is 23.3 Å². The van der Waals surface area contributed by atoms with Crippen LogP contribution in [0.3, 0.4) is 0 Å². The van der Waals surface area contributed by atoms with Crippen molar-refractivity contribution in [2.45, 2.75) is 39.5 Å². The summed E-state index contributed by atoms with van der Waals surface area (Å²) < 4.78 is 0. The van der Waals surface area contributed by atoms with Crippen molar-refractivity contribution in [2.24, 2.45) is 0 Å². The van der Waals surface area contributed by atoms with Gasteiger partial charge in [0.05, 0.1) is 0 Å². The number of aromatic nitrogens is 2. The van der Waals surface area contributed by atoms with Gasteiger partial charge in [-0.05, 0) is 32.8 Å². The zero-order chi connectivity index (χ0) is 12.4. The molecule has 17 heavy (non-hydrogen) atoms. The molecule has 1 aliphatic rings. The van der Waals surface area contributed by atoms with Crippen LogP contribution in [0.15, 0.2) is 6.07 Å². The summed E-state index contributed by atoms with van der Waals surface area (Å²) in [4.78, 5) is 22.3. The first-order valence-corrected chi connectivity index (χ1v) is 6.14. The van der Waals surface area contributed by atoms with Gasteiger partial charge in [-0.2, -0.15) is 0 Å². The summed E-state index contributed by atoms with van der Waals surface area (Å²) in [5.41, 5.74) is 2.01. The molecular weight excluding hydrogens is 214 g/mol. The molecule has 2 heterocycles. The highest BCUT2D eigenvalue weighted by atomic mass is 16.2. The molecular formula is C13H19N3O. The van der Waals surface area contributed by atoms with E-state index in [1.165, 1.54) is 0 Å². The number of amides is 1. The Balaban J connectivity index is 2.18. The average molecular weight is 233 g/mol. The van der Waals surface area contributed by atoms with Crippen LogP contribution in [0.5, 0.6) is 0 Å². The Morgan fingerprint density at radius 1 is 1.35 bits per heavy atom. The van der Waals surface area contributed by atoms with E-state index in [9.17, 15) is 4.79 Å². The summed E-state index contributed by atoms with van der Waals surface area (Å²) in [5, 5.41) is 0. The predicted molar refractivity (Wildman–Crippen MR) is 65.7 cm³/mol. The van der Waals surface area contributed by atoms with E-state index < -0.39 is 0 Å². The molecule has 1 aromatic heterocycles. The topological polar surface area (TPSA) is 46.1 Å². The lowest BCUT2D eigenvalue weighted by Crippen LogP contribution is -2.38. The van der Waals surface area contributed by atoms with Crippen molar-refractivity contribution in [3.63, 3.8) is 0 Å². The fraction of sp³-hybridized carbons (Fsp3) is 0.615. The summed E-state index contributed by atoms with van der Waals surface area (Å²) in [6.07, 6.45) is 2.12. The Hall–Kier alpha value is -1.45. The quantitative estimate of drug-likeness (QED) is 0.743. The van der Waals surface area contributed by atoms with E-state index in [0.717, 1.165) is 43.1 Å². The summed E-state index contributed by atoms with van der Waals surface area (Å²) in [7, 11) is 0. The van der Waals surface area contributed by atoms with Crippen LogP contribution in [0, 0.1) is 13.8 Å². The van der Waals surface area contributed by atoms with Crippen LogP contribution < -0.4 is 0 Å². The summed E-state index contributed by atoms with van der Waals surface area (Å²) in [6.45, 7) is 7.24. The van der Waals surface area contributed by atoms with Gasteiger partial charge < -0.3 is 4.90 Å². The molecule has 1 aromatic rings. The zero-order valence-corrected chi connectivity index (χ0v) is 10.7. The number of likely N-dealkylation sites (tertiary alicyclic amines) is 1. The fourth-order valence-corrected chi connectivity index (χ4v) is 2.41. The summed E-state index contributed by atoms with van der Waals surface area (Å²) in [6, 6.07) is 1.98. The lowest BCUT2D eigenvalue weighted by atomic mass is 9.97. The largest absolute Gasteiger partial charge is 0.342 e. The van der Waals surface area contributed by atoms with Gasteiger partial charge >= 0.3 is 0 Å². The lowest BCUT2D eigenvalue weighted by Gasteiger charge is -2.31. The van der Waals surface area contributed by atoms with Gasteiger partial charge in [-0.15, -0.1) is 0 Å². The van der Waals surface area contributed by atoms with E-state index >= 15 is 0 Å². The van der Waals surface area contributed by atoms with Crippen molar-refractivity contribution < 1.29 is 4.79 Å². The van der Waals surface area contributed by atoms with Crippen LogP contribution in [0.25, 0.3) is 0 Å². The molecule has 0 N–H and O–H groups in total. The molecule has 0 spiro atoms. The molecule has 0 aliphatic carbocycles. The van der Waals surface area contributed by atoms with Gasteiger partial charge in [-0.1, -0.05) is 0 Å². The highest BCUT2D eigenvalue weighted by Gasteiger charge is 2.24. The standard InChI is InChI=1S/C13H19N3O/c1-9-7-10(2)15-13(14-9)12-5-4-6-16(8-12)11(3)17/h7,12H,4-6,8H2,1-3H3. The van der Waals surface area contributed by atoms with Crippen molar-refractivity contribution >= 4 is 5.91 Å². The van der Waals surface area contributed by atoms with Gasteiger partial charge in [0.15, 0.2) is 0 Å². The maximum Gasteiger partial charge on any atom is 0.219 e. The maximum absolute atomic E-state index is 11.4. The zero-order valence-electron chi connectivity index (χ0n) is 10.7. The summed E-state index contributed by atoms with van der Waals surface area (Å²) in [5.74, 6) is 1.35. The molecule has 0 bridgehead atoms. The van der Waals surface area contributed by atoms with Gasteiger partial charge in [0, 0.05) is 37.3 Å². The minimum Gasteiger partial charge on any atom is -0.342 e. The molecule has 1 saturated heterocycles. The van der Waals surface area contributed by atoms with Gasteiger partial charge in [0.25, 0.3) is 0 Å². The first-order valence-electron chi connectivity index (χ1n) is 6.14. The molecule has 1 fully saturated rings. The number of hydrogen-bond donors (Lipinski definition) is 0. The van der Waals surface area contributed by atoms with E-state index in [1.807, 2.05) is 24.8 Å². The Morgan fingerprint density at radius 3 is 2.59 bits per heavy atom. The third-order valence-corrected chi connectivity index (χ3v) is 3.23. The number of carbonyl (C=O) groups excluding carboxylic acids is 1. The highest BCUT2D eigenvalue weighted by molar-refractivity contribution is 5.73. The van der Waals surface area contributed by atoms with E-state index in [-0.39, 0.29) is 5.91 Å². The molecule has 1 amide bonds. The normalized spacial score (nSPS) is 20.4. The Morgan fingerprint density at radius 2 is 2.00 bits per heavy atom. The number of piperidine rings is 1. The number of aryl methyl sites for hydroxylation is 2. The molecule has 0 aromatic carbocycles. The Labute approximate surface area is 102 Å². The second-order valence-electron chi connectivity index (χ2n) is 4.81. The smallest absolute Gasteiger partial charge is 0.219 e. The highest BCUT2D eigenvalue weighted by Crippen LogP contribution is 2.24. The average Bonchev–Trinajstić information content (AvgIpc) is 2.28. The monoisotopic (exact) mass is 233 g/mol. The number of hydrogen-bond acceptors (Lipinski definition) is 3. The molecule has 1 atom stereocenters. The Bertz CT molecular complexity index is 410.